The van der Waals surface area contributed by atoms with Crippen LogP contribution in [-0.2, 0) is 14.4 Å². The minimum atomic E-state index is -0.982. The van der Waals surface area contributed by atoms with Crippen molar-refractivity contribution < 1.29 is 19.5 Å². The van der Waals surface area contributed by atoms with E-state index in [2.05, 4.69) is 0 Å². The zero-order valence-electron chi connectivity index (χ0n) is 8.73. The van der Waals surface area contributed by atoms with Crippen molar-refractivity contribution in [3.8, 4) is 0 Å². The highest BCUT2D eigenvalue weighted by molar-refractivity contribution is 5.99. The summed E-state index contributed by atoms with van der Waals surface area (Å²) in [6.45, 7) is 2.14. The second-order valence-corrected chi connectivity index (χ2v) is 3.65. The first-order valence-corrected chi connectivity index (χ1v) is 5.10. The first-order valence-electron chi connectivity index (χ1n) is 5.10. The summed E-state index contributed by atoms with van der Waals surface area (Å²) in [5.41, 5.74) is 0. The van der Waals surface area contributed by atoms with Crippen molar-refractivity contribution in [2.24, 2.45) is 0 Å². The third-order valence-corrected chi connectivity index (χ3v) is 2.60. The Morgan fingerprint density at radius 1 is 1.40 bits per heavy atom. The molecule has 84 valence electrons. The Balaban J connectivity index is 2.58. The third-order valence-electron chi connectivity index (χ3n) is 2.60. The van der Waals surface area contributed by atoms with Crippen molar-refractivity contribution in [3.63, 3.8) is 0 Å². The summed E-state index contributed by atoms with van der Waals surface area (Å²) in [4.78, 5) is 34.7. The highest BCUT2D eigenvalue weighted by Gasteiger charge is 2.34. The summed E-state index contributed by atoms with van der Waals surface area (Å²) in [6, 6.07) is -0.734. The average molecular weight is 213 g/mol. The summed E-state index contributed by atoms with van der Waals surface area (Å²) in [5, 5.41) is 8.85. The van der Waals surface area contributed by atoms with Crippen LogP contribution in [0, 0.1) is 0 Å². The maximum Gasteiger partial charge on any atom is 0.326 e. The highest BCUT2D eigenvalue weighted by Crippen LogP contribution is 2.18. The Hall–Kier alpha value is -1.39. The van der Waals surface area contributed by atoms with Gasteiger partial charge in [0.25, 0.3) is 0 Å². The Morgan fingerprint density at radius 3 is 2.60 bits per heavy atom. The molecule has 1 saturated heterocycles. The molecule has 1 amide bonds. The van der Waals surface area contributed by atoms with Crippen molar-refractivity contribution in [3.05, 3.63) is 0 Å². The van der Waals surface area contributed by atoms with Gasteiger partial charge in [-0.1, -0.05) is 6.92 Å². The van der Waals surface area contributed by atoms with Crippen LogP contribution in [0.2, 0.25) is 0 Å². The number of amides is 1. The normalized spacial score (nSPS) is 20.3. The van der Waals surface area contributed by atoms with Crippen molar-refractivity contribution >= 4 is 17.7 Å². The van der Waals surface area contributed by atoms with E-state index in [-0.39, 0.29) is 18.1 Å². The van der Waals surface area contributed by atoms with Gasteiger partial charge in [-0.3, -0.25) is 9.59 Å². The number of hydrogen-bond donors (Lipinski definition) is 1. The van der Waals surface area contributed by atoms with E-state index >= 15 is 0 Å². The third kappa shape index (κ3) is 2.78. The van der Waals surface area contributed by atoms with Gasteiger partial charge in [-0.05, 0) is 12.8 Å². The number of nitrogens with zero attached hydrogens (tertiary/aromatic N) is 1. The molecule has 1 aliphatic rings. The van der Waals surface area contributed by atoms with Gasteiger partial charge in [0.05, 0.1) is 6.42 Å². The number of ketones is 1. The van der Waals surface area contributed by atoms with Gasteiger partial charge in [-0.15, -0.1) is 0 Å². The monoisotopic (exact) mass is 213 g/mol. The molecule has 0 aromatic rings. The molecule has 5 heteroatoms. The number of hydrogen-bond acceptors (Lipinski definition) is 3. The van der Waals surface area contributed by atoms with Crippen molar-refractivity contribution in [2.45, 2.75) is 38.6 Å². The van der Waals surface area contributed by atoms with Crippen LogP contribution in [0.25, 0.3) is 0 Å². The summed E-state index contributed by atoms with van der Waals surface area (Å²) < 4.78 is 0. The van der Waals surface area contributed by atoms with Crippen molar-refractivity contribution in [1.82, 2.24) is 4.90 Å². The van der Waals surface area contributed by atoms with E-state index in [1.807, 2.05) is 0 Å². The topological polar surface area (TPSA) is 74.7 Å². The number of Topliss-reactive ketones (excluding diaryl/α,β-unsaturated/α-hetero) is 1. The standard InChI is InChI=1S/C10H15NO4/c1-2-7(12)6-9(13)11-5-3-4-8(11)10(14)15/h8H,2-6H2,1H3,(H,14,15). The molecule has 0 aliphatic carbocycles. The van der Waals surface area contributed by atoms with Crippen molar-refractivity contribution in [2.75, 3.05) is 6.54 Å². The van der Waals surface area contributed by atoms with E-state index in [0.29, 0.717) is 25.8 Å². The minimum absolute atomic E-state index is 0.143. The van der Waals surface area contributed by atoms with Crippen LogP contribution in [0.4, 0.5) is 0 Å². The number of carbonyl (C=O) groups excluding carboxylic acids is 2. The molecule has 0 radical (unpaired) electrons. The molecule has 5 nitrogen and oxygen atoms in total. The van der Waals surface area contributed by atoms with Gasteiger partial charge in [0.1, 0.15) is 11.8 Å². The van der Waals surface area contributed by atoms with Crippen LogP contribution in [0.15, 0.2) is 0 Å². The second-order valence-electron chi connectivity index (χ2n) is 3.65. The molecule has 1 N–H and O–H groups in total. The smallest absolute Gasteiger partial charge is 0.326 e. The highest BCUT2D eigenvalue weighted by atomic mass is 16.4. The number of carbonyl (C=O) groups is 3. The molecule has 1 atom stereocenters. The Kier molecular flexibility index (Phi) is 3.82. The zero-order chi connectivity index (χ0) is 11.4. The first kappa shape index (κ1) is 11.7. The van der Waals surface area contributed by atoms with E-state index in [1.165, 1.54) is 4.90 Å². The molecule has 1 rings (SSSR count). The lowest BCUT2D eigenvalue weighted by Gasteiger charge is -2.20. The van der Waals surface area contributed by atoms with Crippen LogP contribution in [0.1, 0.15) is 32.6 Å². The number of rotatable bonds is 4. The van der Waals surface area contributed by atoms with Gasteiger partial charge >= 0.3 is 5.97 Å². The lowest BCUT2D eigenvalue weighted by atomic mass is 10.2. The molecule has 1 heterocycles. The largest absolute Gasteiger partial charge is 0.480 e. The molecule has 15 heavy (non-hydrogen) atoms. The molecule has 0 saturated carbocycles. The van der Waals surface area contributed by atoms with Crippen LogP contribution in [0.3, 0.4) is 0 Å². The van der Waals surface area contributed by atoms with Gasteiger partial charge < -0.3 is 10.0 Å². The zero-order valence-corrected chi connectivity index (χ0v) is 8.73. The van der Waals surface area contributed by atoms with Crippen LogP contribution >= 0.6 is 0 Å². The van der Waals surface area contributed by atoms with Crippen LogP contribution < -0.4 is 0 Å². The van der Waals surface area contributed by atoms with Crippen LogP contribution in [0.5, 0.6) is 0 Å². The number of aliphatic carboxylic acids is 1. The maximum absolute atomic E-state index is 11.6. The fourth-order valence-electron chi connectivity index (χ4n) is 1.72. The Morgan fingerprint density at radius 2 is 2.07 bits per heavy atom. The van der Waals surface area contributed by atoms with E-state index in [9.17, 15) is 14.4 Å². The summed E-state index contributed by atoms with van der Waals surface area (Å²) >= 11 is 0. The maximum atomic E-state index is 11.6. The predicted octanol–water partition coefficient (Wildman–Crippen LogP) is 0.431. The quantitative estimate of drug-likeness (QED) is 0.687. The van der Waals surface area contributed by atoms with Crippen LogP contribution in [-0.4, -0.2) is 40.3 Å². The fraction of sp³-hybridized carbons (Fsp3) is 0.700. The van der Waals surface area contributed by atoms with E-state index in [1.54, 1.807) is 6.92 Å². The average Bonchev–Trinajstić information content (AvgIpc) is 2.65. The summed E-state index contributed by atoms with van der Waals surface area (Å²) in [7, 11) is 0. The molecule has 0 spiro atoms. The molecule has 0 aromatic heterocycles. The minimum Gasteiger partial charge on any atom is -0.480 e. The molecule has 1 unspecified atom stereocenters. The molecule has 1 aliphatic heterocycles. The Labute approximate surface area is 88.1 Å². The SMILES string of the molecule is CCC(=O)CC(=O)N1CCCC1C(=O)O. The summed E-state index contributed by atoms with van der Waals surface area (Å²) in [5.74, 6) is -1.48. The fourth-order valence-corrected chi connectivity index (χ4v) is 1.72. The second kappa shape index (κ2) is 4.91. The van der Waals surface area contributed by atoms with E-state index in [4.69, 9.17) is 5.11 Å². The van der Waals surface area contributed by atoms with Gasteiger partial charge in [-0.2, -0.15) is 0 Å². The number of carboxylic acids is 1. The predicted molar refractivity (Wildman–Crippen MR) is 52.3 cm³/mol. The molecular weight excluding hydrogens is 198 g/mol. The first-order chi connectivity index (χ1) is 7.06. The Bertz CT molecular complexity index is 287. The molecule has 1 fully saturated rings. The number of carboxylic acid groups (broad SMARTS) is 1. The molecule has 0 aromatic carbocycles. The van der Waals surface area contributed by atoms with E-state index in [0.717, 1.165) is 0 Å². The molecule has 0 bridgehead atoms. The molecular formula is C10H15NO4. The van der Waals surface area contributed by atoms with Gasteiger partial charge in [-0.25, -0.2) is 4.79 Å². The number of likely N-dealkylation sites (tertiary alicyclic amines) is 1. The van der Waals surface area contributed by atoms with Gasteiger partial charge in [0.2, 0.25) is 5.91 Å². The lowest BCUT2D eigenvalue weighted by Crippen LogP contribution is -2.41. The van der Waals surface area contributed by atoms with Crippen molar-refractivity contribution in [1.29, 1.82) is 0 Å². The van der Waals surface area contributed by atoms with Gasteiger partial charge in [0, 0.05) is 13.0 Å². The lowest BCUT2D eigenvalue weighted by molar-refractivity contribution is -0.149. The van der Waals surface area contributed by atoms with E-state index < -0.39 is 12.0 Å². The van der Waals surface area contributed by atoms with Gasteiger partial charge in [0.15, 0.2) is 0 Å². The summed E-state index contributed by atoms with van der Waals surface area (Å²) in [6.07, 6.45) is 1.34.